The van der Waals surface area contributed by atoms with Crippen molar-refractivity contribution in [2.75, 3.05) is 45.4 Å². The number of halogens is 3. The zero-order valence-corrected chi connectivity index (χ0v) is 27.0. The van der Waals surface area contributed by atoms with Crippen LogP contribution < -0.4 is 14.4 Å². The summed E-state index contributed by atoms with van der Waals surface area (Å²) in [5, 5.41) is 11.5. The Balaban J connectivity index is 1.32. The summed E-state index contributed by atoms with van der Waals surface area (Å²) >= 11 is 0. The van der Waals surface area contributed by atoms with Gasteiger partial charge in [0.1, 0.15) is 40.2 Å². The minimum Gasteiger partial charge on any atom is -0.508 e. The number of aromatic hydroxyl groups is 1. The number of likely N-dealkylation sites (tertiary alicyclic amines) is 1. The second-order valence-electron chi connectivity index (χ2n) is 13.8. The van der Waals surface area contributed by atoms with Crippen LogP contribution in [0.5, 0.6) is 17.6 Å². The highest BCUT2D eigenvalue weighted by atomic mass is 19.1. The van der Waals surface area contributed by atoms with Gasteiger partial charge in [-0.25, -0.2) is 18.2 Å². The van der Waals surface area contributed by atoms with Crippen LogP contribution in [0.15, 0.2) is 24.3 Å². The van der Waals surface area contributed by atoms with Crippen LogP contribution in [-0.2, 0) is 4.74 Å². The smallest absolute Gasteiger partial charge is 0.319 e. The van der Waals surface area contributed by atoms with Crippen LogP contribution in [0.3, 0.4) is 0 Å². The summed E-state index contributed by atoms with van der Waals surface area (Å²) in [6.07, 6.45) is 8.54. The number of phenols is 1. The summed E-state index contributed by atoms with van der Waals surface area (Å²) in [5.41, 5.74) is -1.12. The van der Waals surface area contributed by atoms with Crippen molar-refractivity contribution in [1.29, 1.82) is 0 Å². The first-order valence-electron chi connectivity index (χ1n) is 16.3. The minimum atomic E-state index is -0.997. The number of phenolic OH excluding ortho intramolecular Hbond substituents is 1. The summed E-state index contributed by atoms with van der Waals surface area (Å²) in [4.78, 5) is 18.2. The van der Waals surface area contributed by atoms with Crippen LogP contribution in [0.1, 0.15) is 44.6 Å². The van der Waals surface area contributed by atoms with E-state index in [1.54, 1.807) is 0 Å². The van der Waals surface area contributed by atoms with E-state index in [0.29, 0.717) is 37.3 Å². The zero-order valence-electron chi connectivity index (χ0n) is 27.0. The van der Waals surface area contributed by atoms with E-state index < -0.39 is 23.2 Å². The van der Waals surface area contributed by atoms with Gasteiger partial charge in [0.2, 0.25) is 5.88 Å². The maximum atomic E-state index is 17.1. The molecular formula is C36H36F3N5O4. The van der Waals surface area contributed by atoms with Gasteiger partial charge < -0.3 is 24.2 Å². The van der Waals surface area contributed by atoms with Crippen LogP contribution in [0.2, 0.25) is 0 Å². The second kappa shape index (κ2) is 11.1. The molecule has 4 heterocycles. The molecule has 4 fully saturated rings. The number of terminal acetylenes is 1. The Morgan fingerprint density at radius 1 is 1.17 bits per heavy atom. The third-order valence-corrected chi connectivity index (χ3v) is 11.3. The quantitative estimate of drug-likeness (QED) is 0.259. The van der Waals surface area contributed by atoms with Gasteiger partial charge in [0, 0.05) is 35.0 Å². The van der Waals surface area contributed by atoms with Gasteiger partial charge in [-0.1, -0.05) is 18.4 Å². The molecule has 2 aliphatic carbocycles. The Labute approximate surface area is 276 Å². The number of ether oxygens (including phenoxy) is 3. The van der Waals surface area contributed by atoms with E-state index in [2.05, 4.69) is 27.7 Å². The van der Waals surface area contributed by atoms with Crippen molar-refractivity contribution < 1.29 is 32.5 Å². The molecule has 4 aromatic rings. The van der Waals surface area contributed by atoms with E-state index in [9.17, 15) is 9.50 Å². The van der Waals surface area contributed by atoms with Gasteiger partial charge in [0.25, 0.3) is 0 Å². The lowest BCUT2D eigenvalue weighted by Crippen LogP contribution is -2.62. The average molecular weight is 660 g/mol. The number of pyridine rings is 1. The molecule has 5 atom stereocenters. The molecule has 2 unspecified atom stereocenters. The first kappa shape index (κ1) is 31.0. The molecule has 4 aliphatic rings. The number of anilines is 1. The Morgan fingerprint density at radius 3 is 2.79 bits per heavy atom. The van der Waals surface area contributed by atoms with Gasteiger partial charge in [0.05, 0.1) is 38.0 Å². The molecule has 2 saturated heterocycles. The second-order valence-corrected chi connectivity index (χ2v) is 13.8. The van der Waals surface area contributed by atoms with E-state index in [4.69, 9.17) is 25.6 Å². The molecule has 2 aromatic carbocycles. The predicted molar refractivity (Wildman–Crippen MR) is 174 cm³/mol. The average Bonchev–Trinajstić information content (AvgIpc) is 3.79. The monoisotopic (exact) mass is 659 g/mol. The fraction of sp³-hybridized carbons (Fsp3) is 0.472. The lowest BCUT2D eigenvalue weighted by atomic mass is 9.66. The van der Waals surface area contributed by atoms with E-state index in [-0.39, 0.29) is 75.0 Å². The topological polar surface area (TPSA) is 93.1 Å². The van der Waals surface area contributed by atoms with Gasteiger partial charge in [-0.3, -0.25) is 4.90 Å². The number of hydrogen-bond acceptors (Lipinski definition) is 9. The number of nitrogens with zero attached hydrogens (tertiary/aromatic N) is 5. The highest BCUT2D eigenvalue weighted by molar-refractivity contribution is 6.04. The molecule has 2 saturated carbocycles. The first-order chi connectivity index (χ1) is 23.1. The standard InChI is InChI=1S/C36H36F3N5O4/c1-5-22-24(38)8-7-19-13-21(45)14-23(27(19)22)30-29(39)31-28(33(40-30)46-4)32(44-11-12-47-26-15-25(26)44)42-34(41-31)48-18-36-10-6-9-35(36,2)43(3)17-20(37)16-36/h1,7-8,13-14,20,25-26,45H,6,9-12,15-18H2,2-4H3/t20-,25?,26?,35+,36+/m0/s1. The highest BCUT2D eigenvalue weighted by Gasteiger charge is 2.58. The fourth-order valence-electron chi connectivity index (χ4n) is 8.55. The summed E-state index contributed by atoms with van der Waals surface area (Å²) in [5.74, 6) is 1.11. The van der Waals surface area contributed by atoms with Crippen LogP contribution in [0, 0.1) is 29.4 Å². The van der Waals surface area contributed by atoms with Gasteiger partial charge >= 0.3 is 6.01 Å². The van der Waals surface area contributed by atoms with Crippen LogP contribution in [0.4, 0.5) is 19.0 Å². The van der Waals surface area contributed by atoms with Crippen molar-refractivity contribution in [3.8, 4) is 41.2 Å². The molecule has 250 valence electrons. The summed E-state index contributed by atoms with van der Waals surface area (Å²) in [7, 11) is 3.37. The summed E-state index contributed by atoms with van der Waals surface area (Å²) < 4.78 is 65.1. The lowest BCUT2D eigenvalue weighted by Gasteiger charge is -2.53. The maximum Gasteiger partial charge on any atom is 0.319 e. The van der Waals surface area contributed by atoms with Crippen LogP contribution in [-0.4, -0.2) is 89.3 Å². The third kappa shape index (κ3) is 4.58. The SMILES string of the molecule is C#Cc1c(F)ccc2cc(O)cc(-c3nc(OC)c4c(N5CCOC6CC65)nc(OC[C@]56CCC[C@@]5(C)N(C)C[C@@H](F)C6)nc4c3F)c12. The molecule has 9 nitrogen and oxygen atoms in total. The number of piperidine rings is 1. The minimum absolute atomic E-state index is 0.0318. The number of rotatable bonds is 6. The number of hydrogen-bond donors (Lipinski definition) is 1. The molecule has 0 radical (unpaired) electrons. The van der Waals surface area contributed by atoms with Crippen LogP contribution in [0.25, 0.3) is 32.9 Å². The van der Waals surface area contributed by atoms with Crippen molar-refractivity contribution in [1.82, 2.24) is 19.9 Å². The molecule has 2 aliphatic heterocycles. The lowest BCUT2D eigenvalue weighted by molar-refractivity contribution is -0.0818. The molecule has 48 heavy (non-hydrogen) atoms. The normalized spacial score (nSPS) is 28.3. The van der Waals surface area contributed by atoms with Gasteiger partial charge in [-0.05, 0) is 63.2 Å². The molecule has 12 heteroatoms. The predicted octanol–water partition coefficient (Wildman–Crippen LogP) is 5.78. The van der Waals surface area contributed by atoms with Gasteiger partial charge in [-0.2, -0.15) is 9.97 Å². The molecule has 0 spiro atoms. The molecule has 1 N–H and O–H groups in total. The summed E-state index contributed by atoms with van der Waals surface area (Å²) in [6.45, 7) is 3.65. The Kier molecular flexibility index (Phi) is 7.16. The highest BCUT2D eigenvalue weighted by Crippen LogP contribution is 2.55. The third-order valence-electron chi connectivity index (χ3n) is 11.3. The first-order valence-corrected chi connectivity index (χ1v) is 16.3. The van der Waals surface area contributed by atoms with Crippen molar-refractivity contribution in [3.63, 3.8) is 0 Å². The number of aromatic nitrogens is 3. The van der Waals surface area contributed by atoms with Crippen molar-refractivity contribution >= 4 is 27.5 Å². The van der Waals surface area contributed by atoms with Gasteiger partial charge in [0.15, 0.2) is 5.82 Å². The number of methoxy groups -OCH3 is 1. The number of benzene rings is 2. The molecule has 2 aromatic heterocycles. The fourth-order valence-corrected chi connectivity index (χ4v) is 8.55. The number of fused-ring (bicyclic) bond motifs is 4. The molecule has 0 bridgehead atoms. The molecule has 0 amide bonds. The van der Waals surface area contributed by atoms with E-state index in [0.717, 1.165) is 25.7 Å². The largest absolute Gasteiger partial charge is 0.508 e. The Morgan fingerprint density at radius 2 is 2.00 bits per heavy atom. The molecule has 8 rings (SSSR count). The van der Waals surface area contributed by atoms with Crippen molar-refractivity contribution in [2.45, 2.75) is 62.9 Å². The Hall–Kier alpha value is -4.34. The molecular weight excluding hydrogens is 623 g/mol. The van der Waals surface area contributed by atoms with E-state index >= 15 is 8.78 Å². The van der Waals surface area contributed by atoms with Crippen LogP contribution >= 0.6 is 0 Å². The number of alkyl halides is 1. The van der Waals surface area contributed by atoms with E-state index in [1.165, 1.54) is 31.4 Å². The zero-order chi connectivity index (χ0) is 33.5. The Bertz CT molecular complexity index is 2020. The summed E-state index contributed by atoms with van der Waals surface area (Å²) in [6, 6.07) is 5.36. The van der Waals surface area contributed by atoms with Gasteiger partial charge in [-0.15, -0.1) is 6.42 Å². The van der Waals surface area contributed by atoms with Crippen molar-refractivity contribution in [2.24, 2.45) is 5.41 Å². The van der Waals surface area contributed by atoms with Crippen molar-refractivity contribution in [3.05, 3.63) is 41.5 Å². The number of morpholine rings is 1. The maximum absolute atomic E-state index is 17.1. The van der Waals surface area contributed by atoms with E-state index in [1.807, 2.05) is 11.9 Å².